The molecule has 110 valence electrons. The number of methoxy groups -OCH3 is 1. The lowest BCUT2D eigenvalue weighted by Crippen LogP contribution is -2.25. The molecule has 0 radical (unpaired) electrons. The van der Waals surface area contributed by atoms with Crippen LogP contribution in [0.15, 0.2) is 6.20 Å². The van der Waals surface area contributed by atoms with Crippen molar-refractivity contribution in [3.8, 4) is 0 Å². The summed E-state index contributed by atoms with van der Waals surface area (Å²) in [4.78, 5) is 12.5. The van der Waals surface area contributed by atoms with Gasteiger partial charge in [0.25, 0.3) is 0 Å². The zero-order chi connectivity index (χ0) is 14.8. The first-order valence-corrected chi connectivity index (χ1v) is 6.50. The number of aryl methyl sites for hydroxylation is 1. The maximum Gasteiger partial charge on any atom is 0.305 e. The molecule has 0 aliphatic carbocycles. The number of carbonyl (C=O) groups is 1. The van der Waals surface area contributed by atoms with Gasteiger partial charge in [-0.1, -0.05) is 13.8 Å². The Morgan fingerprint density at radius 2 is 2.16 bits per heavy atom. The van der Waals surface area contributed by atoms with Gasteiger partial charge in [0, 0.05) is 26.3 Å². The molecule has 0 aromatic carbocycles. The molecule has 1 aromatic heterocycles. The molecular formula is C13H25N3O3. The van der Waals surface area contributed by atoms with Crippen molar-refractivity contribution < 1.29 is 14.6 Å². The Morgan fingerprint density at radius 3 is 2.68 bits per heavy atom. The van der Waals surface area contributed by atoms with Gasteiger partial charge in [0.15, 0.2) is 0 Å². The zero-order valence-corrected chi connectivity index (χ0v) is 12.5. The lowest BCUT2D eigenvalue weighted by molar-refractivity contribution is -0.136. The molecule has 0 bridgehead atoms. The summed E-state index contributed by atoms with van der Waals surface area (Å²) < 4.78 is 6.85. The molecule has 1 N–H and O–H groups in total. The van der Waals surface area contributed by atoms with Crippen molar-refractivity contribution in [1.29, 1.82) is 0 Å². The van der Waals surface area contributed by atoms with E-state index in [-0.39, 0.29) is 6.42 Å². The van der Waals surface area contributed by atoms with Crippen LogP contribution in [0.25, 0.3) is 0 Å². The van der Waals surface area contributed by atoms with Gasteiger partial charge < -0.3 is 14.7 Å². The Hall–Kier alpha value is -1.56. The molecule has 0 atom stereocenters. The summed E-state index contributed by atoms with van der Waals surface area (Å²) in [5.74, 6) is 0.153. The molecule has 1 aromatic rings. The summed E-state index contributed by atoms with van der Waals surface area (Å²) in [5.41, 5.74) is 1.04. The third kappa shape index (κ3) is 5.74. The predicted molar refractivity (Wildman–Crippen MR) is 75.7 cm³/mol. The third-order valence-electron chi connectivity index (χ3n) is 2.52. The van der Waals surface area contributed by atoms with Crippen LogP contribution < -0.4 is 4.90 Å². The summed E-state index contributed by atoms with van der Waals surface area (Å²) in [6, 6.07) is 0. The van der Waals surface area contributed by atoms with E-state index in [4.69, 9.17) is 9.84 Å². The standard InChI is InChI=1S/C11H19N3O3.C2H6/c1-9-8-12-14(6-7-17-3)11(9)13(2)5-4-10(15)16;1-2/h8H,4-7H2,1-3H3,(H,15,16);1-2H3. The van der Waals surface area contributed by atoms with Crippen LogP contribution in [0.2, 0.25) is 0 Å². The van der Waals surface area contributed by atoms with Crippen LogP contribution in [0, 0.1) is 6.92 Å². The van der Waals surface area contributed by atoms with Crippen molar-refractivity contribution in [2.75, 3.05) is 32.2 Å². The molecule has 0 aliphatic rings. The van der Waals surface area contributed by atoms with E-state index in [0.29, 0.717) is 19.7 Å². The van der Waals surface area contributed by atoms with Crippen LogP contribution in [-0.4, -0.2) is 48.2 Å². The maximum atomic E-state index is 10.5. The summed E-state index contributed by atoms with van der Waals surface area (Å²) in [7, 11) is 3.51. The molecule has 6 heteroatoms. The lowest BCUT2D eigenvalue weighted by atomic mass is 10.3. The number of anilines is 1. The highest BCUT2D eigenvalue weighted by molar-refractivity contribution is 5.67. The number of carboxylic acid groups (broad SMARTS) is 1. The molecule has 0 aliphatic heterocycles. The van der Waals surface area contributed by atoms with Crippen LogP contribution in [0.1, 0.15) is 25.8 Å². The molecule has 0 saturated heterocycles. The number of carboxylic acids is 1. The minimum absolute atomic E-state index is 0.116. The van der Waals surface area contributed by atoms with E-state index in [1.165, 1.54) is 0 Å². The minimum atomic E-state index is -0.794. The number of rotatable bonds is 7. The first-order valence-electron chi connectivity index (χ1n) is 6.50. The largest absolute Gasteiger partial charge is 0.481 e. The van der Waals surface area contributed by atoms with Gasteiger partial charge in [-0.3, -0.25) is 4.79 Å². The number of hydrogen-bond donors (Lipinski definition) is 1. The molecular weight excluding hydrogens is 246 g/mol. The molecule has 6 nitrogen and oxygen atoms in total. The smallest absolute Gasteiger partial charge is 0.305 e. The number of aromatic nitrogens is 2. The summed E-state index contributed by atoms with van der Waals surface area (Å²) in [6.45, 7) is 7.68. The highest BCUT2D eigenvalue weighted by Gasteiger charge is 2.12. The van der Waals surface area contributed by atoms with Gasteiger partial charge in [-0.05, 0) is 6.92 Å². The van der Waals surface area contributed by atoms with Crippen LogP contribution >= 0.6 is 0 Å². The first-order chi connectivity index (χ1) is 9.06. The number of ether oxygens (including phenoxy) is 1. The highest BCUT2D eigenvalue weighted by Crippen LogP contribution is 2.18. The molecule has 19 heavy (non-hydrogen) atoms. The summed E-state index contributed by atoms with van der Waals surface area (Å²) in [5, 5.41) is 12.9. The Bertz CT molecular complexity index is 377. The Balaban J connectivity index is 0.00000154. The molecule has 0 spiro atoms. The van der Waals surface area contributed by atoms with Crippen molar-refractivity contribution in [1.82, 2.24) is 9.78 Å². The van der Waals surface area contributed by atoms with E-state index in [1.54, 1.807) is 13.3 Å². The summed E-state index contributed by atoms with van der Waals surface area (Å²) in [6.07, 6.45) is 1.90. The van der Waals surface area contributed by atoms with Crippen molar-refractivity contribution in [3.05, 3.63) is 11.8 Å². The minimum Gasteiger partial charge on any atom is -0.481 e. The fraction of sp³-hybridized carbons (Fsp3) is 0.692. The van der Waals surface area contributed by atoms with Gasteiger partial charge in [0.2, 0.25) is 0 Å². The van der Waals surface area contributed by atoms with E-state index in [0.717, 1.165) is 11.4 Å². The third-order valence-corrected chi connectivity index (χ3v) is 2.52. The average Bonchev–Trinajstić information content (AvgIpc) is 2.77. The van der Waals surface area contributed by atoms with Gasteiger partial charge in [0.1, 0.15) is 5.82 Å². The molecule has 1 rings (SSSR count). The normalized spacial score (nSPS) is 9.74. The second kappa shape index (κ2) is 9.38. The highest BCUT2D eigenvalue weighted by atomic mass is 16.5. The van der Waals surface area contributed by atoms with E-state index >= 15 is 0 Å². The Labute approximate surface area is 115 Å². The van der Waals surface area contributed by atoms with Crippen molar-refractivity contribution in [2.24, 2.45) is 0 Å². The second-order valence-electron chi connectivity index (χ2n) is 3.93. The fourth-order valence-corrected chi connectivity index (χ4v) is 1.68. The van der Waals surface area contributed by atoms with Crippen molar-refractivity contribution in [3.63, 3.8) is 0 Å². The van der Waals surface area contributed by atoms with Crippen molar-refractivity contribution >= 4 is 11.8 Å². The van der Waals surface area contributed by atoms with Crippen molar-refractivity contribution in [2.45, 2.75) is 33.7 Å². The van der Waals surface area contributed by atoms with Gasteiger partial charge in [-0.15, -0.1) is 0 Å². The monoisotopic (exact) mass is 271 g/mol. The molecule has 0 amide bonds. The van der Waals surface area contributed by atoms with E-state index < -0.39 is 5.97 Å². The fourth-order valence-electron chi connectivity index (χ4n) is 1.68. The second-order valence-corrected chi connectivity index (χ2v) is 3.93. The number of nitrogens with zero attached hydrogens (tertiary/aromatic N) is 3. The van der Waals surface area contributed by atoms with Gasteiger partial charge in [0.05, 0.1) is 25.8 Å². The topological polar surface area (TPSA) is 67.6 Å². The average molecular weight is 271 g/mol. The van der Waals surface area contributed by atoms with E-state index in [1.807, 2.05) is 37.4 Å². The summed E-state index contributed by atoms with van der Waals surface area (Å²) >= 11 is 0. The SMILES string of the molecule is CC.COCCn1ncc(C)c1N(C)CCC(=O)O. The van der Waals surface area contributed by atoms with Crippen LogP contribution in [0.5, 0.6) is 0 Å². The Kier molecular flexibility index (Phi) is 8.61. The van der Waals surface area contributed by atoms with Crippen LogP contribution in [-0.2, 0) is 16.1 Å². The number of hydrogen-bond acceptors (Lipinski definition) is 4. The van der Waals surface area contributed by atoms with E-state index in [9.17, 15) is 4.79 Å². The Morgan fingerprint density at radius 1 is 1.53 bits per heavy atom. The zero-order valence-electron chi connectivity index (χ0n) is 12.5. The lowest BCUT2D eigenvalue weighted by Gasteiger charge is -2.20. The first kappa shape index (κ1) is 17.4. The molecule has 1 heterocycles. The van der Waals surface area contributed by atoms with Crippen LogP contribution in [0.3, 0.4) is 0 Å². The van der Waals surface area contributed by atoms with Gasteiger partial charge >= 0.3 is 5.97 Å². The van der Waals surface area contributed by atoms with Gasteiger partial charge in [-0.25, -0.2) is 4.68 Å². The molecule has 0 fully saturated rings. The van der Waals surface area contributed by atoms with Gasteiger partial charge in [-0.2, -0.15) is 5.10 Å². The number of aliphatic carboxylic acids is 1. The quantitative estimate of drug-likeness (QED) is 0.818. The molecule has 0 saturated carbocycles. The van der Waals surface area contributed by atoms with Crippen LogP contribution in [0.4, 0.5) is 5.82 Å². The predicted octanol–water partition coefficient (Wildman–Crippen LogP) is 1.78. The molecule has 0 unspecified atom stereocenters. The maximum absolute atomic E-state index is 10.5. The van der Waals surface area contributed by atoms with E-state index in [2.05, 4.69) is 5.10 Å².